The third kappa shape index (κ3) is 8.62. The highest BCUT2D eigenvalue weighted by Crippen LogP contribution is 2.60. The topological polar surface area (TPSA) is 60.2 Å². The minimum atomic E-state index is -1.09. The fraction of sp³-hybridized carbons (Fsp3) is 0.0103. The van der Waals surface area contributed by atoms with E-state index in [9.17, 15) is 10.2 Å². The van der Waals surface area contributed by atoms with Gasteiger partial charge in [0.1, 0.15) is 11.5 Å². The summed E-state index contributed by atoms with van der Waals surface area (Å²) in [7, 11) is 0. The molecule has 2 N–H and O–H groups in total. The van der Waals surface area contributed by atoms with E-state index in [-0.39, 0.29) is 11.5 Å². The van der Waals surface area contributed by atoms with E-state index in [0.717, 1.165) is 166 Å². The number of phenols is 2. The van der Waals surface area contributed by atoms with E-state index in [0.29, 0.717) is 22.3 Å². The lowest BCUT2D eigenvalue weighted by atomic mass is 9.66. The van der Waals surface area contributed by atoms with Gasteiger partial charge in [0.05, 0.1) is 49.5 Å². The quantitative estimate of drug-likeness (QED) is 0.143. The van der Waals surface area contributed by atoms with E-state index >= 15 is 0 Å². The fourth-order valence-corrected chi connectivity index (χ4v) is 17.6. The van der Waals surface area contributed by atoms with Crippen molar-refractivity contribution in [3.05, 3.63) is 386 Å². The monoisotopic (exact) mass is 1310 g/mol. The molecular formula is C97H62N4O2. The summed E-state index contributed by atoms with van der Waals surface area (Å²) in [6.07, 6.45) is 0. The molecule has 21 rings (SSSR count). The highest BCUT2D eigenvalue weighted by Gasteiger charge is 2.47. The third-order valence-corrected chi connectivity index (χ3v) is 22.0. The molecule has 6 heteroatoms. The molecule has 20 aromatic rings. The van der Waals surface area contributed by atoms with Gasteiger partial charge in [0.25, 0.3) is 0 Å². The molecular weight excluding hydrogens is 1250 g/mol. The number of rotatable bonds is 10. The van der Waals surface area contributed by atoms with Crippen molar-refractivity contribution in [2.75, 3.05) is 0 Å². The van der Waals surface area contributed by atoms with E-state index in [1.54, 1.807) is 0 Å². The molecule has 0 fully saturated rings. The highest BCUT2D eigenvalue weighted by molar-refractivity contribution is 6.15. The Morgan fingerprint density at radius 3 is 0.680 bits per heavy atom. The van der Waals surface area contributed by atoms with Crippen LogP contribution >= 0.6 is 0 Å². The molecule has 482 valence electrons. The zero-order chi connectivity index (χ0) is 68.0. The second kappa shape index (κ2) is 22.7. The van der Waals surface area contributed by atoms with Crippen LogP contribution in [-0.4, -0.2) is 28.5 Å². The van der Waals surface area contributed by atoms with Gasteiger partial charge in [-0.1, -0.05) is 218 Å². The number of hydrogen-bond donors (Lipinski definition) is 2. The lowest BCUT2D eigenvalue weighted by molar-refractivity contribution is 0.479. The summed E-state index contributed by atoms with van der Waals surface area (Å²) in [6.45, 7) is 0. The van der Waals surface area contributed by atoms with Crippen LogP contribution in [0.2, 0.25) is 0 Å². The summed E-state index contributed by atoms with van der Waals surface area (Å²) < 4.78 is 9.38. The molecule has 0 unspecified atom stereocenters. The third-order valence-electron chi connectivity index (χ3n) is 22.0. The summed E-state index contributed by atoms with van der Waals surface area (Å²) in [5.74, 6) is 0.350. The van der Waals surface area contributed by atoms with Gasteiger partial charge >= 0.3 is 0 Å². The van der Waals surface area contributed by atoms with Crippen LogP contribution in [0.4, 0.5) is 0 Å². The molecule has 0 aliphatic heterocycles. The first kappa shape index (κ1) is 58.3. The van der Waals surface area contributed by atoms with Crippen LogP contribution in [0.1, 0.15) is 22.3 Å². The van der Waals surface area contributed by atoms with Gasteiger partial charge in [0, 0.05) is 88.1 Å². The van der Waals surface area contributed by atoms with Crippen LogP contribution in [0.3, 0.4) is 0 Å². The fourth-order valence-electron chi connectivity index (χ4n) is 17.6. The van der Waals surface area contributed by atoms with Gasteiger partial charge in [-0.3, -0.25) is 0 Å². The predicted octanol–water partition coefficient (Wildman–Crippen LogP) is 24.5. The van der Waals surface area contributed by atoms with Crippen molar-refractivity contribution in [2.45, 2.75) is 5.41 Å². The van der Waals surface area contributed by atoms with E-state index < -0.39 is 5.41 Å². The Balaban J connectivity index is 0.880. The second-order valence-corrected chi connectivity index (χ2v) is 27.4. The average Bonchev–Trinajstić information content (AvgIpc) is 1.55. The Bertz CT molecular complexity index is 6100. The van der Waals surface area contributed by atoms with E-state index in [1.165, 1.54) is 0 Å². The minimum absolute atomic E-state index is 0.175. The number of para-hydroxylation sites is 8. The summed E-state index contributed by atoms with van der Waals surface area (Å²) in [5, 5.41) is 36.5. The van der Waals surface area contributed by atoms with Gasteiger partial charge in [-0.2, -0.15) is 0 Å². The summed E-state index contributed by atoms with van der Waals surface area (Å²) in [6, 6.07) is 131. The van der Waals surface area contributed by atoms with Crippen LogP contribution in [0.15, 0.2) is 364 Å². The Labute approximate surface area is 593 Å². The number of aromatic hydroxyl groups is 2. The van der Waals surface area contributed by atoms with Crippen molar-refractivity contribution in [3.8, 4) is 89.9 Å². The normalized spacial score (nSPS) is 12.6. The van der Waals surface area contributed by atoms with E-state index in [4.69, 9.17) is 0 Å². The number of aromatic nitrogens is 4. The molecule has 16 aromatic carbocycles. The van der Waals surface area contributed by atoms with Crippen molar-refractivity contribution < 1.29 is 10.2 Å². The number of benzene rings is 16. The molecule has 0 atom stereocenters. The Morgan fingerprint density at radius 2 is 0.408 bits per heavy atom. The maximum atomic E-state index is 13.9. The minimum Gasteiger partial charge on any atom is -0.507 e. The summed E-state index contributed by atoms with van der Waals surface area (Å²) in [5.41, 5.74) is 24.4. The maximum Gasteiger partial charge on any atom is 0.131 e. The van der Waals surface area contributed by atoms with Gasteiger partial charge in [0.15, 0.2) is 0 Å². The van der Waals surface area contributed by atoms with Gasteiger partial charge < -0.3 is 28.5 Å². The maximum absolute atomic E-state index is 13.9. The number of phenolic OH excluding ortho intramolecular Hbond substituents is 2. The second-order valence-electron chi connectivity index (χ2n) is 27.4. The molecule has 4 heterocycles. The Hall–Kier alpha value is -13.7. The molecule has 103 heavy (non-hydrogen) atoms. The first-order chi connectivity index (χ1) is 50.9. The van der Waals surface area contributed by atoms with Crippen molar-refractivity contribution in [3.63, 3.8) is 0 Å². The highest BCUT2D eigenvalue weighted by atomic mass is 16.3. The number of hydrogen-bond acceptors (Lipinski definition) is 2. The average molecular weight is 1320 g/mol. The zero-order valence-electron chi connectivity index (χ0n) is 55.8. The molecule has 4 aromatic heterocycles. The molecule has 1 aliphatic rings. The lowest BCUT2D eigenvalue weighted by Gasteiger charge is -2.36. The predicted molar refractivity (Wildman–Crippen MR) is 426 cm³/mol. The van der Waals surface area contributed by atoms with Crippen LogP contribution < -0.4 is 0 Å². The molecule has 1 aliphatic carbocycles. The van der Waals surface area contributed by atoms with Gasteiger partial charge in [-0.25, -0.2) is 0 Å². The number of nitrogens with zero attached hydrogens (tertiary/aromatic N) is 4. The molecule has 0 saturated carbocycles. The molecule has 0 saturated heterocycles. The smallest absolute Gasteiger partial charge is 0.131 e. The van der Waals surface area contributed by atoms with Crippen LogP contribution in [0, 0.1) is 0 Å². The van der Waals surface area contributed by atoms with Crippen molar-refractivity contribution in [1.82, 2.24) is 18.3 Å². The molecule has 0 bridgehead atoms. The molecule has 0 radical (unpaired) electrons. The standard InChI is InChI=1S/C97H62N4O2/c102-95-77(61-45-49-91-81(53-61)73-35-15-21-41-87(73)98(91)67-25-5-1-6-26-67)57-65(58-78(95)62-46-50-92-82(54-62)74-36-16-22-42-88(74)99(92)68-27-7-2-8-28-68)97(85-39-19-13-33-71(85)72-34-14-20-40-86(72)97)66-59-79(63-47-51-93-83(55-63)75-37-17-23-43-89(75)100(93)69-29-9-3-10-30-69)96(103)80(60-66)64-48-52-94-84(56-64)76-38-18-24-44-90(76)101(94)70-31-11-4-12-32-70/h1-60,102-103H. The van der Waals surface area contributed by atoms with Gasteiger partial charge in [0.2, 0.25) is 0 Å². The van der Waals surface area contributed by atoms with Crippen molar-refractivity contribution in [2.24, 2.45) is 0 Å². The molecule has 0 spiro atoms. The lowest BCUT2D eigenvalue weighted by Crippen LogP contribution is -2.29. The van der Waals surface area contributed by atoms with Gasteiger partial charge in [-0.05, 0) is 201 Å². The van der Waals surface area contributed by atoms with Gasteiger partial charge in [-0.15, -0.1) is 0 Å². The first-order valence-corrected chi connectivity index (χ1v) is 35.2. The molecule has 6 nitrogen and oxygen atoms in total. The summed E-state index contributed by atoms with van der Waals surface area (Å²) >= 11 is 0. The Morgan fingerprint density at radius 1 is 0.184 bits per heavy atom. The van der Waals surface area contributed by atoms with Crippen molar-refractivity contribution >= 4 is 87.2 Å². The van der Waals surface area contributed by atoms with Crippen LogP contribution in [-0.2, 0) is 5.41 Å². The van der Waals surface area contributed by atoms with Crippen LogP contribution in [0.5, 0.6) is 11.5 Å². The first-order valence-electron chi connectivity index (χ1n) is 35.2. The largest absolute Gasteiger partial charge is 0.507 e. The van der Waals surface area contributed by atoms with Crippen LogP contribution in [0.25, 0.3) is 166 Å². The SMILES string of the molecule is Oc1c(-c2ccc3c(c2)c2ccccc2n3-c2ccccc2)cc(C2(c3cc(-c4ccc5c(c4)c4ccccc4n5-c4ccccc4)c(O)c(-c4ccc5c(c4)c4ccccc4n5-c4ccccc4)c3)c3ccccc3-c3ccccc32)cc1-c1ccc2c(c1)c1ccccc1n2-c1ccccc1. The van der Waals surface area contributed by atoms with E-state index in [1.807, 2.05) is 0 Å². The Kier molecular flexibility index (Phi) is 12.8. The zero-order valence-corrected chi connectivity index (χ0v) is 55.8. The number of fused-ring (bicyclic) bond motifs is 15. The molecule has 0 amide bonds. The van der Waals surface area contributed by atoms with E-state index in [2.05, 4.69) is 382 Å². The summed E-state index contributed by atoms with van der Waals surface area (Å²) in [4.78, 5) is 0. The van der Waals surface area contributed by atoms with Crippen molar-refractivity contribution in [1.29, 1.82) is 0 Å².